The Bertz CT molecular complexity index is 412. The van der Waals surface area contributed by atoms with Crippen molar-refractivity contribution in [3.05, 3.63) is 35.4 Å². The molecule has 0 aromatic heterocycles. The van der Waals surface area contributed by atoms with E-state index in [4.69, 9.17) is 0 Å². The quantitative estimate of drug-likeness (QED) is 0.847. The predicted molar refractivity (Wildman–Crippen MR) is 79.5 cm³/mol. The lowest BCUT2D eigenvalue weighted by Crippen LogP contribution is -2.43. The number of hydrogen-bond acceptors (Lipinski definition) is 3. The standard InChI is InChI=1S/C16H25N3/c1-19-9-8-18-12-16(19)14-5-2-4-13(10-14)15-6-3-7-17-11-15/h2,4-5,10,15-18H,3,6-9,11-12H2,1H3. The third kappa shape index (κ3) is 2.99. The fraction of sp³-hybridized carbons (Fsp3) is 0.625. The van der Waals surface area contributed by atoms with Crippen LogP contribution < -0.4 is 10.6 Å². The largest absolute Gasteiger partial charge is 0.316 e. The third-order valence-electron chi connectivity index (χ3n) is 4.57. The van der Waals surface area contributed by atoms with Crippen LogP contribution in [0.15, 0.2) is 24.3 Å². The Morgan fingerprint density at radius 2 is 1.95 bits per heavy atom. The molecular weight excluding hydrogens is 234 g/mol. The van der Waals surface area contributed by atoms with Crippen LogP contribution in [0.25, 0.3) is 0 Å². The maximum Gasteiger partial charge on any atom is 0.0470 e. The lowest BCUT2D eigenvalue weighted by Gasteiger charge is -2.34. The maximum absolute atomic E-state index is 3.52. The van der Waals surface area contributed by atoms with Crippen LogP contribution in [-0.4, -0.2) is 44.7 Å². The molecule has 0 aliphatic carbocycles. The fourth-order valence-electron chi connectivity index (χ4n) is 3.33. The number of nitrogens with zero attached hydrogens (tertiary/aromatic N) is 1. The van der Waals surface area contributed by atoms with Crippen molar-refractivity contribution in [3.8, 4) is 0 Å². The molecule has 0 bridgehead atoms. The van der Waals surface area contributed by atoms with Gasteiger partial charge in [0.1, 0.15) is 0 Å². The van der Waals surface area contributed by atoms with Gasteiger partial charge in [-0.2, -0.15) is 0 Å². The van der Waals surface area contributed by atoms with Gasteiger partial charge in [-0.3, -0.25) is 4.90 Å². The first-order chi connectivity index (χ1) is 9.34. The minimum Gasteiger partial charge on any atom is -0.316 e. The van der Waals surface area contributed by atoms with Crippen LogP contribution in [-0.2, 0) is 0 Å². The smallest absolute Gasteiger partial charge is 0.0470 e. The van der Waals surface area contributed by atoms with Crippen LogP contribution in [0.3, 0.4) is 0 Å². The van der Waals surface area contributed by atoms with Gasteiger partial charge >= 0.3 is 0 Å². The van der Waals surface area contributed by atoms with Crippen molar-refractivity contribution in [1.82, 2.24) is 15.5 Å². The summed E-state index contributed by atoms with van der Waals surface area (Å²) >= 11 is 0. The molecule has 104 valence electrons. The summed E-state index contributed by atoms with van der Waals surface area (Å²) in [4.78, 5) is 2.47. The minimum atomic E-state index is 0.533. The summed E-state index contributed by atoms with van der Waals surface area (Å²) in [6, 6.07) is 9.80. The SMILES string of the molecule is CN1CCNCC1c1cccc(C2CCCNC2)c1. The Labute approximate surface area is 116 Å². The van der Waals surface area contributed by atoms with E-state index in [-0.39, 0.29) is 0 Å². The Morgan fingerprint density at radius 3 is 2.74 bits per heavy atom. The van der Waals surface area contributed by atoms with E-state index in [2.05, 4.69) is 46.8 Å². The van der Waals surface area contributed by atoms with Crippen LogP contribution in [0.4, 0.5) is 0 Å². The van der Waals surface area contributed by atoms with Gasteiger partial charge in [-0.1, -0.05) is 24.3 Å². The molecule has 3 rings (SSSR count). The Balaban J connectivity index is 1.78. The first-order valence-electron chi connectivity index (χ1n) is 7.56. The van der Waals surface area contributed by atoms with Gasteiger partial charge in [0.2, 0.25) is 0 Å². The van der Waals surface area contributed by atoms with Gasteiger partial charge < -0.3 is 10.6 Å². The minimum absolute atomic E-state index is 0.533. The monoisotopic (exact) mass is 259 g/mol. The van der Waals surface area contributed by atoms with E-state index >= 15 is 0 Å². The number of benzene rings is 1. The molecule has 2 unspecified atom stereocenters. The zero-order valence-electron chi connectivity index (χ0n) is 11.9. The van der Waals surface area contributed by atoms with E-state index in [0.29, 0.717) is 12.0 Å². The molecule has 0 radical (unpaired) electrons. The van der Waals surface area contributed by atoms with Gasteiger partial charge in [0.15, 0.2) is 0 Å². The molecule has 3 heteroatoms. The zero-order chi connectivity index (χ0) is 13.1. The van der Waals surface area contributed by atoms with Crippen molar-refractivity contribution in [3.63, 3.8) is 0 Å². The van der Waals surface area contributed by atoms with E-state index < -0.39 is 0 Å². The summed E-state index contributed by atoms with van der Waals surface area (Å²) in [5.41, 5.74) is 2.99. The molecule has 1 aromatic rings. The van der Waals surface area contributed by atoms with E-state index in [0.717, 1.165) is 26.2 Å². The van der Waals surface area contributed by atoms with Crippen LogP contribution in [0.2, 0.25) is 0 Å². The predicted octanol–water partition coefficient (Wildman–Crippen LogP) is 1.73. The average Bonchev–Trinajstić information content (AvgIpc) is 2.49. The molecule has 2 aliphatic heterocycles. The van der Waals surface area contributed by atoms with Crippen molar-refractivity contribution < 1.29 is 0 Å². The Hall–Kier alpha value is -0.900. The second kappa shape index (κ2) is 6.04. The summed E-state index contributed by atoms with van der Waals surface area (Å²) in [7, 11) is 2.24. The summed E-state index contributed by atoms with van der Waals surface area (Å²) < 4.78 is 0. The number of hydrogen-bond donors (Lipinski definition) is 2. The lowest BCUT2D eigenvalue weighted by molar-refractivity contribution is 0.202. The van der Waals surface area contributed by atoms with Crippen molar-refractivity contribution in [2.75, 3.05) is 39.8 Å². The molecule has 0 amide bonds. The molecule has 2 saturated heterocycles. The van der Waals surface area contributed by atoms with Gasteiger partial charge in [0.25, 0.3) is 0 Å². The molecule has 1 aromatic carbocycles. The summed E-state index contributed by atoms with van der Waals surface area (Å²) in [6.45, 7) is 5.65. The second-order valence-electron chi connectivity index (χ2n) is 5.91. The highest BCUT2D eigenvalue weighted by Gasteiger charge is 2.22. The van der Waals surface area contributed by atoms with E-state index in [1.54, 1.807) is 0 Å². The molecule has 19 heavy (non-hydrogen) atoms. The van der Waals surface area contributed by atoms with E-state index in [1.165, 1.54) is 30.5 Å². The molecule has 2 N–H and O–H groups in total. The summed E-state index contributed by atoms with van der Waals surface area (Å²) in [5, 5.41) is 7.03. The molecule has 2 aliphatic rings. The van der Waals surface area contributed by atoms with Gasteiger partial charge in [0.05, 0.1) is 0 Å². The van der Waals surface area contributed by atoms with Gasteiger partial charge in [-0.05, 0) is 43.5 Å². The van der Waals surface area contributed by atoms with E-state index in [1.807, 2.05) is 0 Å². The van der Waals surface area contributed by atoms with Crippen LogP contribution in [0, 0.1) is 0 Å². The van der Waals surface area contributed by atoms with Crippen molar-refractivity contribution in [2.24, 2.45) is 0 Å². The molecule has 3 nitrogen and oxygen atoms in total. The molecule has 0 spiro atoms. The van der Waals surface area contributed by atoms with Crippen molar-refractivity contribution in [1.29, 1.82) is 0 Å². The number of piperidine rings is 1. The highest BCUT2D eigenvalue weighted by atomic mass is 15.2. The van der Waals surface area contributed by atoms with Crippen LogP contribution >= 0.6 is 0 Å². The average molecular weight is 259 g/mol. The molecule has 2 heterocycles. The number of likely N-dealkylation sites (N-methyl/N-ethyl adjacent to an activating group) is 1. The second-order valence-corrected chi connectivity index (χ2v) is 5.91. The van der Waals surface area contributed by atoms with Crippen molar-refractivity contribution >= 4 is 0 Å². The maximum atomic E-state index is 3.52. The first kappa shape index (κ1) is 13.1. The zero-order valence-corrected chi connectivity index (χ0v) is 11.9. The normalized spacial score (nSPS) is 29.3. The van der Waals surface area contributed by atoms with Crippen LogP contribution in [0.5, 0.6) is 0 Å². The topological polar surface area (TPSA) is 27.3 Å². The van der Waals surface area contributed by atoms with Crippen LogP contribution in [0.1, 0.15) is 35.9 Å². The molecule has 2 fully saturated rings. The summed E-state index contributed by atoms with van der Waals surface area (Å²) in [6.07, 6.45) is 2.63. The molecule has 0 saturated carbocycles. The fourth-order valence-corrected chi connectivity index (χ4v) is 3.33. The molecular formula is C16H25N3. The van der Waals surface area contributed by atoms with Gasteiger partial charge in [-0.15, -0.1) is 0 Å². The van der Waals surface area contributed by atoms with Crippen molar-refractivity contribution in [2.45, 2.75) is 24.8 Å². The first-order valence-corrected chi connectivity index (χ1v) is 7.56. The highest BCUT2D eigenvalue weighted by Crippen LogP contribution is 2.27. The lowest BCUT2D eigenvalue weighted by atomic mass is 9.89. The Kier molecular flexibility index (Phi) is 4.16. The number of nitrogens with one attached hydrogen (secondary N) is 2. The third-order valence-corrected chi connectivity index (χ3v) is 4.57. The number of piperazine rings is 1. The van der Waals surface area contributed by atoms with Gasteiger partial charge in [-0.25, -0.2) is 0 Å². The van der Waals surface area contributed by atoms with E-state index in [9.17, 15) is 0 Å². The highest BCUT2D eigenvalue weighted by molar-refractivity contribution is 5.29. The molecule has 2 atom stereocenters. The van der Waals surface area contributed by atoms with Gasteiger partial charge in [0, 0.05) is 32.2 Å². The summed E-state index contributed by atoms with van der Waals surface area (Å²) in [5.74, 6) is 0.704. The Morgan fingerprint density at radius 1 is 1.11 bits per heavy atom. The number of rotatable bonds is 2.